The van der Waals surface area contributed by atoms with Gasteiger partial charge in [0, 0.05) is 5.02 Å². The summed E-state index contributed by atoms with van der Waals surface area (Å²) >= 11 is 9.05. The second-order valence-corrected chi connectivity index (χ2v) is 3.82. The van der Waals surface area contributed by atoms with Crippen molar-refractivity contribution in [2.24, 2.45) is 0 Å². The Kier molecular flexibility index (Phi) is 3.33. The summed E-state index contributed by atoms with van der Waals surface area (Å²) in [6.07, 6.45) is 0. The largest absolute Gasteiger partial charge is 0.495 e. The Morgan fingerprint density at radius 1 is 1.54 bits per heavy atom. The molecule has 70 valence electrons. The molecule has 0 aromatic heterocycles. The topological polar surface area (TPSA) is 26.3 Å². The molecule has 0 spiro atoms. The second-order valence-electron chi connectivity index (χ2n) is 2.52. The van der Waals surface area contributed by atoms with Crippen molar-refractivity contribution in [1.82, 2.24) is 0 Å². The van der Waals surface area contributed by atoms with Crippen LogP contribution in [0.15, 0.2) is 16.6 Å². The Balaban J connectivity index is 3.38. The number of hydrogen-bond donors (Lipinski definition) is 0. The van der Waals surface area contributed by atoms with Gasteiger partial charge in [-0.15, -0.1) is 0 Å². The average Bonchev–Trinajstić information content (AvgIpc) is 2.02. The third kappa shape index (κ3) is 2.23. The lowest BCUT2D eigenvalue weighted by Crippen LogP contribution is -1.98. The van der Waals surface area contributed by atoms with Gasteiger partial charge in [0.2, 0.25) is 0 Å². The molecular weight excluding hydrogens is 255 g/mol. The molecule has 1 aromatic carbocycles. The summed E-state index contributed by atoms with van der Waals surface area (Å²) in [4.78, 5) is 11.2. The number of methoxy groups -OCH3 is 1. The Bertz CT molecular complexity index is 350. The van der Waals surface area contributed by atoms with E-state index in [4.69, 9.17) is 16.3 Å². The van der Waals surface area contributed by atoms with Gasteiger partial charge in [0.1, 0.15) is 5.75 Å². The molecule has 0 atom stereocenters. The number of benzene rings is 1. The van der Waals surface area contributed by atoms with Crippen LogP contribution in [0.1, 0.15) is 17.3 Å². The molecule has 2 nitrogen and oxygen atoms in total. The third-order valence-corrected chi connectivity index (χ3v) is 2.40. The fraction of sp³-hybridized carbons (Fsp3) is 0.222. The number of carbonyl (C=O) groups is 1. The molecule has 0 N–H and O–H groups in total. The highest BCUT2D eigenvalue weighted by Crippen LogP contribution is 2.32. The molecule has 0 saturated carbocycles. The molecule has 0 aliphatic heterocycles. The smallest absolute Gasteiger partial charge is 0.163 e. The van der Waals surface area contributed by atoms with Gasteiger partial charge in [0.15, 0.2) is 5.78 Å². The Labute approximate surface area is 90.0 Å². The Morgan fingerprint density at radius 2 is 2.15 bits per heavy atom. The molecule has 0 radical (unpaired) electrons. The first kappa shape index (κ1) is 10.5. The van der Waals surface area contributed by atoms with Gasteiger partial charge in [-0.2, -0.15) is 0 Å². The molecule has 0 saturated heterocycles. The zero-order chi connectivity index (χ0) is 10.0. The van der Waals surface area contributed by atoms with E-state index in [2.05, 4.69) is 15.9 Å². The van der Waals surface area contributed by atoms with E-state index in [0.29, 0.717) is 20.8 Å². The van der Waals surface area contributed by atoms with Crippen LogP contribution in [0.3, 0.4) is 0 Å². The highest BCUT2D eigenvalue weighted by molar-refractivity contribution is 9.10. The first-order valence-electron chi connectivity index (χ1n) is 3.60. The summed E-state index contributed by atoms with van der Waals surface area (Å²) in [6.45, 7) is 1.47. The van der Waals surface area contributed by atoms with Crippen LogP contribution in [-0.2, 0) is 0 Å². The maximum absolute atomic E-state index is 11.2. The summed E-state index contributed by atoms with van der Waals surface area (Å²) in [6, 6.07) is 3.28. The molecule has 0 aliphatic rings. The van der Waals surface area contributed by atoms with Crippen molar-refractivity contribution in [1.29, 1.82) is 0 Å². The fourth-order valence-corrected chi connectivity index (χ4v) is 2.00. The number of ether oxygens (including phenoxy) is 1. The number of carbonyl (C=O) groups excluding carboxylic acids is 1. The lowest BCUT2D eigenvalue weighted by molar-refractivity contribution is 0.101. The van der Waals surface area contributed by atoms with Gasteiger partial charge in [-0.1, -0.05) is 11.6 Å². The standard InChI is InChI=1S/C9H8BrClO2/c1-5(12)7-3-6(11)4-8(10)9(7)13-2/h3-4H,1-2H3. The van der Waals surface area contributed by atoms with Gasteiger partial charge >= 0.3 is 0 Å². The fourth-order valence-electron chi connectivity index (χ4n) is 1.03. The number of halogens is 2. The molecule has 13 heavy (non-hydrogen) atoms. The highest BCUT2D eigenvalue weighted by Gasteiger charge is 2.12. The summed E-state index contributed by atoms with van der Waals surface area (Å²) in [5.41, 5.74) is 0.488. The van der Waals surface area contributed by atoms with E-state index < -0.39 is 0 Å². The quantitative estimate of drug-likeness (QED) is 0.765. The minimum absolute atomic E-state index is 0.0694. The molecular formula is C9H8BrClO2. The third-order valence-electron chi connectivity index (χ3n) is 1.59. The Morgan fingerprint density at radius 3 is 2.62 bits per heavy atom. The van der Waals surface area contributed by atoms with Gasteiger partial charge in [0.05, 0.1) is 17.1 Å². The molecule has 0 heterocycles. The zero-order valence-corrected chi connectivity index (χ0v) is 9.57. The van der Waals surface area contributed by atoms with Crippen LogP contribution in [0.5, 0.6) is 5.75 Å². The first-order chi connectivity index (χ1) is 6.06. The van der Waals surface area contributed by atoms with Gasteiger partial charge < -0.3 is 4.74 Å². The summed E-state index contributed by atoms with van der Waals surface area (Å²) in [7, 11) is 1.51. The van der Waals surface area contributed by atoms with Crippen LogP contribution < -0.4 is 4.74 Å². The highest BCUT2D eigenvalue weighted by atomic mass is 79.9. The lowest BCUT2D eigenvalue weighted by Gasteiger charge is -2.08. The molecule has 0 bridgehead atoms. The predicted octanol–water partition coefficient (Wildman–Crippen LogP) is 3.31. The molecule has 1 aromatic rings. The minimum atomic E-state index is -0.0694. The van der Waals surface area contributed by atoms with Crippen molar-refractivity contribution in [3.05, 3.63) is 27.2 Å². The number of Topliss-reactive ketones (excluding diaryl/α,β-unsaturated/α-hetero) is 1. The van der Waals surface area contributed by atoms with Gasteiger partial charge in [-0.3, -0.25) is 4.79 Å². The SMILES string of the molecule is COc1c(Br)cc(Cl)cc1C(C)=O. The molecule has 4 heteroatoms. The van der Waals surface area contributed by atoms with Crippen molar-refractivity contribution >= 4 is 33.3 Å². The average molecular weight is 264 g/mol. The maximum atomic E-state index is 11.2. The van der Waals surface area contributed by atoms with Crippen molar-refractivity contribution in [3.63, 3.8) is 0 Å². The van der Waals surface area contributed by atoms with Gasteiger partial charge in [-0.05, 0) is 35.0 Å². The molecule has 0 unspecified atom stereocenters. The van der Waals surface area contributed by atoms with E-state index in [1.54, 1.807) is 12.1 Å². The maximum Gasteiger partial charge on any atom is 0.163 e. The minimum Gasteiger partial charge on any atom is -0.495 e. The van der Waals surface area contributed by atoms with Gasteiger partial charge in [0.25, 0.3) is 0 Å². The first-order valence-corrected chi connectivity index (χ1v) is 4.77. The van der Waals surface area contributed by atoms with Crippen LogP contribution in [0.25, 0.3) is 0 Å². The van der Waals surface area contributed by atoms with E-state index in [1.165, 1.54) is 14.0 Å². The molecule has 1 rings (SSSR count). The van der Waals surface area contributed by atoms with Crippen LogP contribution in [0.2, 0.25) is 5.02 Å². The normalized spacial score (nSPS) is 9.85. The van der Waals surface area contributed by atoms with Crippen molar-refractivity contribution in [3.8, 4) is 5.75 Å². The van der Waals surface area contributed by atoms with Crippen molar-refractivity contribution in [2.75, 3.05) is 7.11 Å². The Hall–Kier alpha value is -0.540. The number of ketones is 1. The van der Waals surface area contributed by atoms with Crippen LogP contribution in [0, 0.1) is 0 Å². The summed E-state index contributed by atoms with van der Waals surface area (Å²) in [5, 5.41) is 0.512. The number of hydrogen-bond acceptors (Lipinski definition) is 2. The van der Waals surface area contributed by atoms with E-state index in [0.717, 1.165) is 0 Å². The van der Waals surface area contributed by atoms with Crippen LogP contribution >= 0.6 is 27.5 Å². The van der Waals surface area contributed by atoms with E-state index >= 15 is 0 Å². The summed E-state index contributed by atoms with van der Waals surface area (Å²) < 4.78 is 5.75. The molecule has 0 fully saturated rings. The van der Waals surface area contributed by atoms with Gasteiger partial charge in [-0.25, -0.2) is 0 Å². The monoisotopic (exact) mass is 262 g/mol. The second kappa shape index (κ2) is 4.11. The summed E-state index contributed by atoms with van der Waals surface area (Å²) in [5.74, 6) is 0.456. The van der Waals surface area contributed by atoms with Crippen molar-refractivity contribution < 1.29 is 9.53 Å². The molecule has 0 aliphatic carbocycles. The number of rotatable bonds is 2. The van der Waals surface area contributed by atoms with Crippen LogP contribution in [0.4, 0.5) is 0 Å². The predicted molar refractivity (Wildman–Crippen MR) is 55.7 cm³/mol. The van der Waals surface area contributed by atoms with E-state index in [-0.39, 0.29) is 5.78 Å². The zero-order valence-electron chi connectivity index (χ0n) is 7.23. The molecule has 0 amide bonds. The van der Waals surface area contributed by atoms with Crippen molar-refractivity contribution in [2.45, 2.75) is 6.92 Å². The van der Waals surface area contributed by atoms with E-state index in [1.807, 2.05) is 0 Å². The van der Waals surface area contributed by atoms with E-state index in [9.17, 15) is 4.79 Å². The van der Waals surface area contributed by atoms with Crippen LogP contribution in [-0.4, -0.2) is 12.9 Å². The lowest BCUT2D eigenvalue weighted by atomic mass is 10.1.